The number of fused-ring (bicyclic) bond motifs is 2. The fourth-order valence-corrected chi connectivity index (χ4v) is 3.60. The van der Waals surface area contributed by atoms with E-state index in [1.54, 1.807) is 12.4 Å². The summed E-state index contributed by atoms with van der Waals surface area (Å²) in [5.74, 6) is 1.60. The van der Waals surface area contributed by atoms with Crippen LogP contribution in [0.2, 0.25) is 0 Å². The number of ether oxygens (including phenoxy) is 1. The van der Waals surface area contributed by atoms with E-state index in [2.05, 4.69) is 24.8 Å². The summed E-state index contributed by atoms with van der Waals surface area (Å²) in [4.78, 5) is 21.5. The summed E-state index contributed by atoms with van der Waals surface area (Å²) < 4.78 is 19.0. The highest BCUT2D eigenvalue weighted by atomic mass is 19.1. The molecule has 0 aromatic carbocycles. The van der Waals surface area contributed by atoms with Crippen molar-refractivity contribution in [2.45, 2.75) is 24.7 Å². The van der Waals surface area contributed by atoms with Crippen LogP contribution in [0.4, 0.5) is 22.1 Å². The molecule has 2 bridgehead atoms. The second kappa shape index (κ2) is 5.48. The maximum absolute atomic E-state index is 13.3. The van der Waals surface area contributed by atoms with E-state index >= 15 is 0 Å². The molecular weight excluding hydrogens is 325 g/mol. The van der Waals surface area contributed by atoms with E-state index in [1.165, 1.54) is 0 Å². The van der Waals surface area contributed by atoms with E-state index in [0.717, 1.165) is 31.0 Å². The van der Waals surface area contributed by atoms with Crippen molar-refractivity contribution >= 4 is 17.7 Å². The maximum atomic E-state index is 13.3. The average molecular weight is 343 g/mol. The van der Waals surface area contributed by atoms with Crippen LogP contribution >= 0.6 is 0 Å². The van der Waals surface area contributed by atoms with Crippen LogP contribution in [0, 0.1) is 0 Å². The Kier molecular flexibility index (Phi) is 3.24. The second-order valence-electron chi connectivity index (χ2n) is 6.74. The topological polar surface area (TPSA) is 93.3 Å². The van der Waals surface area contributed by atoms with E-state index < -0.39 is 6.17 Å². The number of morpholine rings is 1. The molecular formula is C16H18FN7O. The van der Waals surface area contributed by atoms with Gasteiger partial charge in [-0.1, -0.05) is 0 Å². The molecule has 2 aromatic rings. The Hall–Kier alpha value is -2.55. The van der Waals surface area contributed by atoms with Crippen LogP contribution in [0.25, 0.3) is 11.3 Å². The maximum Gasteiger partial charge on any atom is 0.228 e. The van der Waals surface area contributed by atoms with Gasteiger partial charge in [0.05, 0.1) is 37.5 Å². The van der Waals surface area contributed by atoms with E-state index in [0.29, 0.717) is 30.8 Å². The summed E-state index contributed by atoms with van der Waals surface area (Å²) in [6.45, 7) is 2.21. The summed E-state index contributed by atoms with van der Waals surface area (Å²) in [5, 5.41) is 0. The lowest BCUT2D eigenvalue weighted by molar-refractivity contribution is 0.0989. The summed E-state index contributed by atoms with van der Waals surface area (Å²) >= 11 is 0. The van der Waals surface area contributed by atoms with Crippen molar-refractivity contribution in [3.63, 3.8) is 0 Å². The molecule has 0 saturated carbocycles. The Morgan fingerprint density at radius 3 is 2.60 bits per heavy atom. The van der Waals surface area contributed by atoms with Crippen molar-refractivity contribution in [1.82, 2.24) is 19.9 Å². The number of halogens is 1. The van der Waals surface area contributed by atoms with Gasteiger partial charge in [0.15, 0.2) is 0 Å². The summed E-state index contributed by atoms with van der Waals surface area (Å²) in [6, 6.07) is 2.28. The van der Waals surface area contributed by atoms with E-state index in [9.17, 15) is 4.39 Å². The minimum absolute atomic E-state index is 0.218. The van der Waals surface area contributed by atoms with Crippen LogP contribution in [0.15, 0.2) is 18.5 Å². The summed E-state index contributed by atoms with van der Waals surface area (Å²) in [6.07, 6.45) is 3.77. The molecule has 2 atom stereocenters. The highest BCUT2D eigenvalue weighted by Gasteiger charge is 2.40. The van der Waals surface area contributed by atoms with Crippen LogP contribution in [0.3, 0.4) is 0 Å². The number of nitrogen functional groups attached to an aromatic ring is 1. The number of aromatic nitrogens is 4. The molecule has 5 rings (SSSR count). The number of hydrogen-bond donors (Lipinski definition) is 1. The third-order valence-corrected chi connectivity index (χ3v) is 4.98. The molecule has 2 N–H and O–H groups in total. The van der Waals surface area contributed by atoms with Crippen LogP contribution in [-0.2, 0) is 4.74 Å². The zero-order valence-electron chi connectivity index (χ0n) is 13.5. The SMILES string of the molecule is Nc1ncc(-c2cc(N3CC4CC3CO4)nc(N3CC(F)C3)n2)cn1. The largest absolute Gasteiger partial charge is 0.374 e. The first-order chi connectivity index (χ1) is 12.2. The lowest BCUT2D eigenvalue weighted by Gasteiger charge is -2.35. The highest BCUT2D eigenvalue weighted by Crippen LogP contribution is 2.34. The van der Waals surface area contributed by atoms with Gasteiger partial charge in [0.2, 0.25) is 11.9 Å². The van der Waals surface area contributed by atoms with Crippen molar-refractivity contribution in [2.75, 3.05) is 41.8 Å². The summed E-state index contributed by atoms with van der Waals surface area (Å²) in [7, 11) is 0. The molecule has 130 valence electrons. The van der Waals surface area contributed by atoms with Crippen LogP contribution in [0.5, 0.6) is 0 Å². The van der Waals surface area contributed by atoms with E-state index in [1.807, 2.05) is 11.0 Å². The van der Waals surface area contributed by atoms with Crippen molar-refractivity contribution in [3.05, 3.63) is 18.5 Å². The molecule has 3 saturated heterocycles. The average Bonchev–Trinajstić information content (AvgIpc) is 3.22. The minimum atomic E-state index is -0.813. The zero-order chi connectivity index (χ0) is 17.0. The predicted octanol–water partition coefficient (Wildman–Crippen LogP) is 0.651. The van der Waals surface area contributed by atoms with Crippen molar-refractivity contribution in [3.8, 4) is 11.3 Å². The number of alkyl halides is 1. The predicted molar refractivity (Wildman–Crippen MR) is 90.1 cm³/mol. The van der Waals surface area contributed by atoms with Gasteiger partial charge in [0, 0.05) is 30.6 Å². The van der Waals surface area contributed by atoms with Gasteiger partial charge in [-0.3, -0.25) is 0 Å². The van der Waals surface area contributed by atoms with E-state index in [-0.39, 0.29) is 12.1 Å². The van der Waals surface area contributed by atoms with Gasteiger partial charge in [0.25, 0.3) is 0 Å². The molecule has 0 aliphatic carbocycles. The third kappa shape index (κ3) is 2.55. The van der Waals surface area contributed by atoms with Gasteiger partial charge < -0.3 is 20.3 Å². The number of nitrogens with two attached hydrogens (primary N) is 1. The fourth-order valence-electron chi connectivity index (χ4n) is 3.60. The van der Waals surface area contributed by atoms with Gasteiger partial charge in [-0.15, -0.1) is 0 Å². The molecule has 3 aliphatic heterocycles. The first kappa shape index (κ1) is 14.8. The molecule has 2 unspecified atom stereocenters. The van der Waals surface area contributed by atoms with Gasteiger partial charge in [-0.05, 0) is 6.42 Å². The van der Waals surface area contributed by atoms with Crippen molar-refractivity contribution < 1.29 is 9.13 Å². The minimum Gasteiger partial charge on any atom is -0.374 e. The van der Waals surface area contributed by atoms with Gasteiger partial charge in [0.1, 0.15) is 12.0 Å². The molecule has 25 heavy (non-hydrogen) atoms. The lowest BCUT2D eigenvalue weighted by atomic mass is 10.2. The molecule has 2 aromatic heterocycles. The highest BCUT2D eigenvalue weighted by molar-refractivity contribution is 5.65. The first-order valence-corrected chi connectivity index (χ1v) is 8.40. The van der Waals surface area contributed by atoms with Gasteiger partial charge in [-0.25, -0.2) is 19.3 Å². The van der Waals surface area contributed by atoms with Crippen LogP contribution < -0.4 is 15.5 Å². The van der Waals surface area contributed by atoms with E-state index in [4.69, 9.17) is 10.5 Å². The number of anilines is 3. The lowest BCUT2D eigenvalue weighted by Crippen LogP contribution is -2.49. The number of hydrogen-bond acceptors (Lipinski definition) is 8. The Bertz CT molecular complexity index is 796. The third-order valence-electron chi connectivity index (χ3n) is 4.98. The Morgan fingerprint density at radius 2 is 1.96 bits per heavy atom. The Balaban J connectivity index is 1.54. The molecule has 0 amide bonds. The normalized spacial score (nSPS) is 25.5. The van der Waals surface area contributed by atoms with Crippen molar-refractivity contribution in [1.29, 1.82) is 0 Å². The quantitative estimate of drug-likeness (QED) is 0.868. The monoisotopic (exact) mass is 343 g/mol. The zero-order valence-corrected chi connectivity index (χ0v) is 13.5. The smallest absolute Gasteiger partial charge is 0.228 e. The molecule has 8 nitrogen and oxygen atoms in total. The number of rotatable bonds is 3. The molecule has 3 aliphatic rings. The van der Waals surface area contributed by atoms with Crippen LogP contribution in [-0.4, -0.2) is 64.5 Å². The van der Waals surface area contributed by atoms with Gasteiger partial charge in [-0.2, -0.15) is 4.98 Å². The Labute approximate surface area is 143 Å². The first-order valence-electron chi connectivity index (χ1n) is 8.40. The molecule has 5 heterocycles. The molecule has 9 heteroatoms. The number of nitrogens with zero attached hydrogens (tertiary/aromatic N) is 6. The van der Waals surface area contributed by atoms with Crippen LogP contribution in [0.1, 0.15) is 6.42 Å². The summed E-state index contributed by atoms with van der Waals surface area (Å²) in [5.41, 5.74) is 7.05. The molecule has 0 spiro atoms. The van der Waals surface area contributed by atoms with Crippen molar-refractivity contribution in [2.24, 2.45) is 0 Å². The standard InChI is InChI=1S/C16H18FN7O/c17-10-5-23(6-10)16-21-13(9-3-19-15(18)20-4-9)2-14(22-16)24-7-12-1-11(24)8-25-12/h2-4,10-12H,1,5-8H2,(H2,18,19,20). The van der Waals surface area contributed by atoms with Gasteiger partial charge >= 0.3 is 0 Å². The fraction of sp³-hybridized carbons (Fsp3) is 0.500. The Morgan fingerprint density at radius 1 is 1.16 bits per heavy atom. The molecule has 3 fully saturated rings. The second-order valence-corrected chi connectivity index (χ2v) is 6.74. The molecule has 0 radical (unpaired) electrons.